The number of aromatic nitrogens is 1. The Balaban J connectivity index is 0.000000412. The first-order valence-corrected chi connectivity index (χ1v) is 9.20. The lowest BCUT2D eigenvalue weighted by molar-refractivity contribution is -0.192. The van der Waals surface area contributed by atoms with Gasteiger partial charge in [-0.2, -0.15) is 13.2 Å². The van der Waals surface area contributed by atoms with E-state index in [0.717, 1.165) is 27.8 Å². The van der Waals surface area contributed by atoms with Crippen molar-refractivity contribution in [3.8, 4) is 0 Å². The molecular weight excluding hydrogens is 393 g/mol. The molecule has 0 aliphatic rings. The van der Waals surface area contributed by atoms with Crippen LogP contribution in [0.25, 0.3) is 9.53 Å². The maximum Gasteiger partial charge on any atom is 0.490 e. The number of thiazole rings is 1. The van der Waals surface area contributed by atoms with E-state index in [1.165, 1.54) is 11.3 Å². The zero-order valence-corrected chi connectivity index (χ0v) is 15.7. The molecule has 2 rings (SSSR count). The number of carboxylic acids is 1. The van der Waals surface area contributed by atoms with Crippen LogP contribution in [0.4, 0.5) is 18.3 Å². The summed E-state index contributed by atoms with van der Waals surface area (Å²) in [6.07, 6.45) is -5.08. The lowest BCUT2D eigenvalue weighted by Crippen LogP contribution is -2.28. The fourth-order valence-electron chi connectivity index (χ4n) is 1.74. The molecular formula is C14H19F3N4O3S2. The maximum atomic E-state index is 11.8. The number of fused-ring (bicyclic) bond motifs is 1. The number of rotatable bonds is 6. The molecule has 146 valence electrons. The van der Waals surface area contributed by atoms with Crippen LogP contribution in [0.2, 0.25) is 0 Å². The molecule has 0 unspecified atom stereocenters. The van der Waals surface area contributed by atoms with Gasteiger partial charge in [-0.1, -0.05) is 11.3 Å². The summed E-state index contributed by atoms with van der Waals surface area (Å²) in [5, 5.41) is 10.9. The zero-order valence-electron chi connectivity index (χ0n) is 14.1. The predicted molar refractivity (Wildman–Crippen MR) is 96.1 cm³/mol. The molecule has 1 amide bonds. The molecule has 0 saturated carbocycles. The minimum absolute atomic E-state index is 0.0648. The first kappa shape index (κ1) is 22.1. The number of nitrogens with one attached hydrogen (secondary N) is 1. The number of amides is 1. The number of hydrogen-bond donors (Lipinski definition) is 3. The molecule has 0 saturated heterocycles. The molecule has 2 aromatic heterocycles. The van der Waals surface area contributed by atoms with Gasteiger partial charge in [-0.3, -0.25) is 4.79 Å². The fraction of sp³-hybridized carbons (Fsp3) is 0.500. The minimum atomic E-state index is -5.08. The number of thiophene rings is 1. The van der Waals surface area contributed by atoms with E-state index in [1.807, 2.05) is 6.07 Å². The molecule has 26 heavy (non-hydrogen) atoms. The van der Waals surface area contributed by atoms with E-state index in [-0.39, 0.29) is 5.91 Å². The first-order chi connectivity index (χ1) is 12.1. The first-order valence-electron chi connectivity index (χ1n) is 7.57. The molecule has 0 aliphatic carbocycles. The van der Waals surface area contributed by atoms with E-state index < -0.39 is 12.1 Å². The predicted octanol–water partition coefficient (Wildman–Crippen LogP) is 2.53. The van der Waals surface area contributed by atoms with Gasteiger partial charge in [0.2, 0.25) is 0 Å². The third-order valence-corrected chi connectivity index (χ3v) is 5.23. The highest BCUT2D eigenvalue weighted by Crippen LogP contribution is 2.34. The highest BCUT2D eigenvalue weighted by atomic mass is 32.1. The van der Waals surface area contributed by atoms with Crippen LogP contribution >= 0.6 is 22.7 Å². The Morgan fingerprint density at radius 3 is 2.31 bits per heavy atom. The van der Waals surface area contributed by atoms with Gasteiger partial charge >= 0.3 is 12.1 Å². The van der Waals surface area contributed by atoms with Crippen LogP contribution in [0, 0.1) is 0 Å². The molecule has 0 fully saturated rings. The van der Waals surface area contributed by atoms with Gasteiger partial charge in [0, 0.05) is 26.2 Å². The summed E-state index contributed by atoms with van der Waals surface area (Å²) in [4.78, 5) is 29.2. The minimum Gasteiger partial charge on any atom is -0.475 e. The quantitative estimate of drug-likeness (QED) is 0.673. The van der Waals surface area contributed by atoms with Gasteiger partial charge < -0.3 is 21.1 Å². The molecule has 0 bridgehead atoms. The smallest absolute Gasteiger partial charge is 0.475 e. The molecule has 0 spiro atoms. The number of carboxylic acid groups (broad SMARTS) is 1. The van der Waals surface area contributed by atoms with Crippen LogP contribution in [0.3, 0.4) is 0 Å². The van der Waals surface area contributed by atoms with E-state index in [2.05, 4.69) is 29.0 Å². The Hall–Kier alpha value is -1.92. The van der Waals surface area contributed by atoms with Crippen molar-refractivity contribution in [2.45, 2.75) is 20.0 Å². The Labute approximate surface area is 155 Å². The van der Waals surface area contributed by atoms with E-state index in [4.69, 9.17) is 15.6 Å². The fourth-order valence-corrected chi connectivity index (χ4v) is 3.99. The van der Waals surface area contributed by atoms with Crippen molar-refractivity contribution in [2.75, 3.05) is 31.1 Å². The average Bonchev–Trinajstić information content (AvgIpc) is 3.12. The summed E-state index contributed by atoms with van der Waals surface area (Å²) < 4.78 is 32.8. The molecule has 0 radical (unpaired) electrons. The molecule has 7 nitrogen and oxygen atoms in total. The SMILES string of the molecule is CCN(CC)c1nc2sc(C(=O)NCCN)cc2s1.O=C(O)C(F)(F)F. The molecule has 0 aliphatic heterocycles. The van der Waals surface area contributed by atoms with Crippen molar-refractivity contribution in [3.63, 3.8) is 0 Å². The largest absolute Gasteiger partial charge is 0.490 e. The number of carbonyl (C=O) groups is 2. The monoisotopic (exact) mass is 412 g/mol. The molecule has 0 atom stereocenters. The second-order valence-electron chi connectivity index (χ2n) is 4.80. The third kappa shape index (κ3) is 6.11. The van der Waals surface area contributed by atoms with Gasteiger partial charge in [-0.15, -0.1) is 11.3 Å². The number of alkyl halides is 3. The van der Waals surface area contributed by atoms with Gasteiger partial charge in [0.1, 0.15) is 4.83 Å². The zero-order chi connectivity index (χ0) is 19.9. The number of nitrogens with zero attached hydrogens (tertiary/aromatic N) is 2. The third-order valence-electron chi connectivity index (χ3n) is 3.01. The van der Waals surface area contributed by atoms with Gasteiger partial charge in [-0.25, -0.2) is 9.78 Å². The van der Waals surface area contributed by atoms with Crippen LogP contribution < -0.4 is 16.0 Å². The number of anilines is 1. The van der Waals surface area contributed by atoms with Crippen molar-refractivity contribution in [1.29, 1.82) is 0 Å². The summed E-state index contributed by atoms with van der Waals surface area (Å²) in [5.41, 5.74) is 5.37. The lowest BCUT2D eigenvalue weighted by atomic mass is 10.4. The summed E-state index contributed by atoms with van der Waals surface area (Å²) in [5.74, 6) is -2.82. The lowest BCUT2D eigenvalue weighted by Gasteiger charge is -2.16. The van der Waals surface area contributed by atoms with Crippen molar-refractivity contribution >= 4 is 49.2 Å². The second-order valence-corrected chi connectivity index (χ2v) is 6.84. The van der Waals surface area contributed by atoms with Crippen molar-refractivity contribution in [3.05, 3.63) is 10.9 Å². The van der Waals surface area contributed by atoms with E-state index in [0.29, 0.717) is 18.0 Å². The summed E-state index contributed by atoms with van der Waals surface area (Å²) in [7, 11) is 0. The molecule has 2 aromatic rings. The Morgan fingerprint density at radius 1 is 1.31 bits per heavy atom. The highest BCUT2D eigenvalue weighted by Gasteiger charge is 2.38. The van der Waals surface area contributed by atoms with Gasteiger partial charge in [0.05, 0.1) is 9.58 Å². The van der Waals surface area contributed by atoms with E-state index in [1.54, 1.807) is 11.3 Å². The Bertz CT molecular complexity index is 710. The normalized spacial score (nSPS) is 11.0. The number of halogens is 3. The van der Waals surface area contributed by atoms with Crippen LogP contribution in [0.15, 0.2) is 6.07 Å². The van der Waals surface area contributed by atoms with Crippen LogP contribution in [-0.2, 0) is 4.79 Å². The van der Waals surface area contributed by atoms with Gasteiger partial charge in [0.15, 0.2) is 5.13 Å². The van der Waals surface area contributed by atoms with Gasteiger partial charge in [0.25, 0.3) is 5.91 Å². The summed E-state index contributed by atoms with van der Waals surface area (Å²) in [6.45, 7) is 7.08. The Kier molecular flexibility index (Phi) is 8.24. The van der Waals surface area contributed by atoms with Crippen molar-refractivity contribution < 1.29 is 27.9 Å². The Morgan fingerprint density at radius 2 is 1.88 bits per heavy atom. The van der Waals surface area contributed by atoms with Crippen LogP contribution in [0.5, 0.6) is 0 Å². The molecule has 12 heteroatoms. The number of carbonyl (C=O) groups excluding carboxylic acids is 1. The molecule has 2 heterocycles. The standard InChI is InChI=1S/C12H18N4OS2.C2HF3O2/c1-3-16(4-2)12-15-11-9(19-12)7-8(18-11)10(17)14-6-5-13;3-2(4,5)1(6)7/h7H,3-6,13H2,1-2H3,(H,14,17);(H,6,7). The highest BCUT2D eigenvalue weighted by molar-refractivity contribution is 7.29. The van der Waals surface area contributed by atoms with Crippen molar-refractivity contribution in [1.82, 2.24) is 10.3 Å². The maximum absolute atomic E-state index is 11.8. The van der Waals surface area contributed by atoms with Crippen LogP contribution in [0.1, 0.15) is 23.5 Å². The van der Waals surface area contributed by atoms with E-state index in [9.17, 15) is 18.0 Å². The summed E-state index contributed by atoms with van der Waals surface area (Å²) >= 11 is 3.07. The summed E-state index contributed by atoms with van der Waals surface area (Å²) in [6, 6.07) is 1.91. The number of nitrogens with two attached hydrogens (primary N) is 1. The molecule has 4 N–H and O–H groups in total. The molecule has 0 aromatic carbocycles. The van der Waals surface area contributed by atoms with Gasteiger partial charge in [-0.05, 0) is 19.9 Å². The number of hydrogen-bond acceptors (Lipinski definition) is 7. The second kappa shape index (κ2) is 9.69. The van der Waals surface area contributed by atoms with Crippen molar-refractivity contribution in [2.24, 2.45) is 5.73 Å². The van der Waals surface area contributed by atoms with E-state index >= 15 is 0 Å². The average molecular weight is 412 g/mol. The van der Waals surface area contributed by atoms with Crippen LogP contribution in [-0.4, -0.2) is 54.3 Å². The topological polar surface area (TPSA) is 109 Å². The number of aliphatic carboxylic acids is 1.